The van der Waals surface area contributed by atoms with E-state index >= 15 is 0 Å². The topological polar surface area (TPSA) is 84.2 Å². The molecule has 100 valence electrons. The predicted octanol–water partition coefficient (Wildman–Crippen LogP) is 1.00. The number of hydrogen-bond acceptors (Lipinski definition) is 4. The minimum atomic E-state index is -1.06. The van der Waals surface area contributed by atoms with Crippen LogP contribution in [0.1, 0.15) is 15.4 Å². The van der Waals surface area contributed by atoms with Gasteiger partial charge in [-0.05, 0) is 11.4 Å². The molecule has 0 unspecified atom stereocenters. The summed E-state index contributed by atoms with van der Waals surface area (Å²) in [6, 6.07) is 3.82. The van der Waals surface area contributed by atoms with Gasteiger partial charge in [-0.3, -0.25) is 4.79 Å². The molecule has 1 amide bonds. The number of carboxylic acids is 1. The number of nitrogens with zero attached hydrogens (tertiary/aromatic N) is 2. The van der Waals surface area contributed by atoms with Crippen LogP contribution in [0, 0.1) is 0 Å². The Hall–Kier alpha value is -2.15. The quantitative estimate of drug-likeness (QED) is 0.826. The molecule has 0 atom stereocenters. The van der Waals surface area contributed by atoms with Gasteiger partial charge in [0.05, 0.1) is 12.7 Å². The van der Waals surface area contributed by atoms with Gasteiger partial charge < -0.3 is 15.0 Å². The first-order chi connectivity index (χ1) is 9.15. The molecule has 0 fully saturated rings. The Morgan fingerprint density at radius 1 is 1.47 bits per heavy atom. The lowest BCUT2D eigenvalue weighted by Crippen LogP contribution is -2.28. The Morgan fingerprint density at radius 2 is 2.32 bits per heavy atom. The number of carboxylic acid groups (broad SMARTS) is 1. The number of thiophene rings is 1. The molecular weight excluding hydrogens is 266 g/mol. The van der Waals surface area contributed by atoms with Crippen LogP contribution in [0.25, 0.3) is 0 Å². The van der Waals surface area contributed by atoms with Crippen LogP contribution in [-0.4, -0.2) is 33.1 Å². The van der Waals surface area contributed by atoms with Crippen molar-refractivity contribution in [2.24, 2.45) is 0 Å². The number of rotatable bonds is 6. The van der Waals surface area contributed by atoms with E-state index in [0.29, 0.717) is 19.5 Å². The fraction of sp³-hybridized carbons (Fsp3) is 0.250. The van der Waals surface area contributed by atoms with Crippen LogP contribution in [0.2, 0.25) is 0 Å². The number of aromatic carboxylic acids is 1. The number of amides is 1. The molecule has 2 heterocycles. The van der Waals surface area contributed by atoms with Crippen LogP contribution < -0.4 is 5.32 Å². The molecule has 0 spiro atoms. The molecular formula is C12H13N3O3S. The van der Waals surface area contributed by atoms with Crippen molar-refractivity contribution < 1.29 is 14.7 Å². The zero-order valence-electron chi connectivity index (χ0n) is 10.1. The zero-order chi connectivity index (χ0) is 13.7. The van der Waals surface area contributed by atoms with Gasteiger partial charge in [0.2, 0.25) is 5.91 Å². The molecule has 0 aliphatic carbocycles. The van der Waals surface area contributed by atoms with Crippen LogP contribution in [0.5, 0.6) is 0 Å². The maximum absolute atomic E-state index is 11.6. The molecule has 19 heavy (non-hydrogen) atoms. The number of carbonyl (C=O) groups excluding carboxylic acids is 1. The summed E-state index contributed by atoms with van der Waals surface area (Å²) in [5.41, 5.74) is 0.00455. The minimum absolute atomic E-state index is 0.00455. The first kappa shape index (κ1) is 13.3. The van der Waals surface area contributed by atoms with Gasteiger partial charge in [-0.2, -0.15) is 0 Å². The Balaban J connectivity index is 1.73. The lowest BCUT2D eigenvalue weighted by atomic mass is 10.3. The highest BCUT2D eigenvalue weighted by atomic mass is 32.1. The van der Waals surface area contributed by atoms with E-state index in [2.05, 4.69) is 10.3 Å². The van der Waals surface area contributed by atoms with E-state index in [1.54, 1.807) is 15.9 Å². The second kappa shape index (κ2) is 6.14. The summed E-state index contributed by atoms with van der Waals surface area (Å²) in [5.74, 6) is -1.10. The van der Waals surface area contributed by atoms with Crippen molar-refractivity contribution in [2.75, 3.05) is 6.54 Å². The van der Waals surface area contributed by atoms with Crippen LogP contribution >= 0.6 is 11.3 Å². The smallest absolute Gasteiger partial charge is 0.356 e. The van der Waals surface area contributed by atoms with Gasteiger partial charge in [0.15, 0.2) is 5.69 Å². The summed E-state index contributed by atoms with van der Waals surface area (Å²) in [4.78, 5) is 27.0. The van der Waals surface area contributed by atoms with Gasteiger partial charge in [0.25, 0.3) is 0 Å². The molecule has 0 aromatic carbocycles. The highest BCUT2D eigenvalue weighted by Gasteiger charge is 2.07. The first-order valence-corrected chi connectivity index (χ1v) is 6.57. The van der Waals surface area contributed by atoms with Crippen LogP contribution in [0.3, 0.4) is 0 Å². The fourth-order valence-corrected chi connectivity index (χ4v) is 2.25. The lowest BCUT2D eigenvalue weighted by molar-refractivity contribution is -0.120. The summed E-state index contributed by atoms with van der Waals surface area (Å²) in [6.45, 7) is 0.941. The first-order valence-electron chi connectivity index (χ1n) is 5.69. The molecule has 2 aromatic rings. The van der Waals surface area contributed by atoms with Crippen molar-refractivity contribution in [2.45, 2.75) is 13.0 Å². The number of carbonyl (C=O) groups is 2. The molecule has 2 N–H and O–H groups in total. The standard InChI is InChI=1S/C12H13N3O3S/c16-11(6-9-2-1-5-19-9)13-3-4-15-7-10(12(17)18)14-8-15/h1-2,5,7-8H,3-4,6H2,(H,13,16)(H,17,18). The second-order valence-electron chi connectivity index (χ2n) is 3.91. The number of imidazole rings is 1. The SMILES string of the molecule is O=C(Cc1cccs1)NCCn1cnc(C(=O)O)c1. The molecule has 0 aliphatic rings. The van der Waals surface area contributed by atoms with Crippen molar-refractivity contribution in [1.29, 1.82) is 0 Å². The third-order valence-corrected chi connectivity index (χ3v) is 3.34. The zero-order valence-corrected chi connectivity index (χ0v) is 10.9. The number of hydrogen-bond donors (Lipinski definition) is 2. The number of aromatic nitrogens is 2. The normalized spacial score (nSPS) is 10.3. The highest BCUT2D eigenvalue weighted by Crippen LogP contribution is 2.08. The van der Waals surface area contributed by atoms with E-state index in [-0.39, 0.29) is 11.6 Å². The van der Waals surface area contributed by atoms with Crippen molar-refractivity contribution >= 4 is 23.2 Å². The summed E-state index contributed by atoms with van der Waals surface area (Å²) in [7, 11) is 0. The maximum atomic E-state index is 11.6. The van der Waals surface area contributed by atoms with Gasteiger partial charge >= 0.3 is 5.97 Å². The molecule has 2 aromatic heterocycles. The lowest BCUT2D eigenvalue weighted by Gasteiger charge is -2.04. The predicted molar refractivity (Wildman–Crippen MR) is 70.2 cm³/mol. The average molecular weight is 279 g/mol. The van der Waals surface area contributed by atoms with E-state index in [1.807, 2.05) is 17.5 Å². The van der Waals surface area contributed by atoms with E-state index in [1.165, 1.54) is 12.5 Å². The van der Waals surface area contributed by atoms with Crippen molar-refractivity contribution in [3.8, 4) is 0 Å². The molecule has 2 rings (SSSR count). The van der Waals surface area contributed by atoms with Gasteiger partial charge in [0.1, 0.15) is 0 Å². The van der Waals surface area contributed by atoms with Crippen molar-refractivity contribution in [1.82, 2.24) is 14.9 Å². The highest BCUT2D eigenvalue weighted by molar-refractivity contribution is 7.10. The molecule has 0 bridgehead atoms. The van der Waals surface area contributed by atoms with E-state index in [4.69, 9.17) is 5.11 Å². The van der Waals surface area contributed by atoms with E-state index in [9.17, 15) is 9.59 Å². The third kappa shape index (κ3) is 3.92. The summed E-state index contributed by atoms with van der Waals surface area (Å²) >= 11 is 1.55. The van der Waals surface area contributed by atoms with Gasteiger partial charge in [-0.1, -0.05) is 6.07 Å². The molecule has 0 saturated carbocycles. The van der Waals surface area contributed by atoms with Gasteiger partial charge in [-0.15, -0.1) is 11.3 Å². The maximum Gasteiger partial charge on any atom is 0.356 e. The van der Waals surface area contributed by atoms with Gasteiger partial charge in [-0.25, -0.2) is 9.78 Å². The average Bonchev–Trinajstić information content (AvgIpc) is 3.00. The van der Waals surface area contributed by atoms with Crippen LogP contribution in [0.4, 0.5) is 0 Å². The second-order valence-corrected chi connectivity index (χ2v) is 4.94. The molecule has 0 saturated heterocycles. The molecule has 0 radical (unpaired) electrons. The summed E-state index contributed by atoms with van der Waals surface area (Å²) in [6.07, 6.45) is 3.25. The van der Waals surface area contributed by atoms with Gasteiger partial charge in [0, 0.05) is 24.2 Å². The Kier molecular flexibility index (Phi) is 4.30. The summed E-state index contributed by atoms with van der Waals surface area (Å²) in [5, 5.41) is 13.4. The van der Waals surface area contributed by atoms with E-state index < -0.39 is 5.97 Å². The Labute approximate surface area is 113 Å². The summed E-state index contributed by atoms with van der Waals surface area (Å²) < 4.78 is 1.63. The minimum Gasteiger partial charge on any atom is -0.476 e. The molecule has 7 heteroatoms. The van der Waals surface area contributed by atoms with Crippen LogP contribution in [0.15, 0.2) is 30.0 Å². The largest absolute Gasteiger partial charge is 0.476 e. The van der Waals surface area contributed by atoms with E-state index in [0.717, 1.165) is 4.88 Å². The van der Waals surface area contributed by atoms with Crippen molar-refractivity contribution in [3.63, 3.8) is 0 Å². The third-order valence-electron chi connectivity index (χ3n) is 2.46. The fourth-order valence-electron chi connectivity index (χ4n) is 1.55. The Morgan fingerprint density at radius 3 is 2.95 bits per heavy atom. The molecule has 6 nitrogen and oxygen atoms in total. The Bertz CT molecular complexity index is 563. The monoisotopic (exact) mass is 279 g/mol. The van der Waals surface area contributed by atoms with Crippen LogP contribution in [-0.2, 0) is 17.8 Å². The number of nitrogens with one attached hydrogen (secondary N) is 1. The molecule has 0 aliphatic heterocycles. The van der Waals surface area contributed by atoms with Crippen molar-refractivity contribution in [3.05, 3.63) is 40.6 Å².